The van der Waals surface area contributed by atoms with Crippen molar-refractivity contribution in [2.45, 2.75) is 30.9 Å². The summed E-state index contributed by atoms with van der Waals surface area (Å²) in [5.74, 6) is -0.283. The number of phenolic OH excluding ortho intramolecular Hbond substituents is 1. The second-order valence-electron chi connectivity index (χ2n) is 4.69. The van der Waals surface area contributed by atoms with Gasteiger partial charge in [0.05, 0.1) is 10.6 Å². The molecule has 0 atom stereocenters. The molecule has 1 aromatic carbocycles. The average Bonchev–Trinajstić information content (AvgIpc) is 2.21. The van der Waals surface area contributed by atoms with Gasteiger partial charge >= 0.3 is 6.18 Å². The van der Waals surface area contributed by atoms with Gasteiger partial charge in [0.25, 0.3) is 0 Å². The molecule has 18 heavy (non-hydrogen) atoms. The molecule has 0 aliphatic heterocycles. The zero-order valence-electron chi connectivity index (χ0n) is 9.52. The van der Waals surface area contributed by atoms with Gasteiger partial charge in [0.15, 0.2) is 0 Å². The molecule has 0 aromatic heterocycles. The molecule has 0 saturated heterocycles. The van der Waals surface area contributed by atoms with Crippen molar-refractivity contribution >= 4 is 11.6 Å². The summed E-state index contributed by atoms with van der Waals surface area (Å²) in [6, 6.07) is 1.70. The van der Waals surface area contributed by atoms with Crippen molar-refractivity contribution in [3.63, 3.8) is 0 Å². The zero-order valence-corrected chi connectivity index (χ0v) is 10.3. The van der Waals surface area contributed by atoms with E-state index in [1.54, 1.807) is 0 Å². The van der Waals surface area contributed by atoms with Crippen molar-refractivity contribution in [3.05, 3.63) is 28.3 Å². The lowest BCUT2D eigenvalue weighted by Crippen LogP contribution is -2.41. The molecule has 0 heterocycles. The third-order valence-corrected chi connectivity index (χ3v) is 3.95. The van der Waals surface area contributed by atoms with E-state index in [1.165, 1.54) is 0 Å². The molecule has 2 rings (SSSR count). The van der Waals surface area contributed by atoms with Crippen molar-refractivity contribution in [2.75, 3.05) is 6.54 Å². The van der Waals surface area contributed by atoms with Crippen LogP contribution in [0.15, 0.2) is 12.1 Å². The van der Waals surface area contributed by atoms with E-state index < -0.39 is 17.2 Å². The summed E-state index contributed by atoms with van der Waals surface area (Å²) in [7, 11) is 0. The first-order chi connectivity index (χ1) is 8.30. The number of hydrogen-bond acceptors (Lipinski definition) is 2. The molecule has 0 amide bonds. The minimum absolute atomic E-state index is 0.207. The first kappa shape index (κ1) is 13.5. The highest BCUT2D eigenvalue weighted by Gasteiger charge is 2.42. The Labute approximate surface area is 108 Å². The number of phenols is 1. The van der Waals surface area contributed by atoms with E-state index in [0.29, 0.717) is 12.8 Å². The van der Waals surface area contributed by atoms with Crippen LogP contribution >= 0.6 is 11.6 Å². The van der Waals surface area contributed by atoms with Gasteiger partial charge in [-0.15, -0.1) is 0 Å². The Balaban J connectivity index is 2.56. The van der Waals surface area contributed by atoms with Crippen molar-refractivity contribution in [1.82, 2.24) is 0 Å². The topological polar surface area (TPSA) is 46.2 Å². The lowest BCUT2D eigenvalue weighted by Gasteiger charge is -2.42. The van der Waals surface area contributed by atoms with Gasteiger partial charge in [-0.05, 0) is 25.0 Å². The second-order valence-corrected chi connectivity index (χ2v) is 5.10. The van der Waals surface area contributed by atoms with Crippen molar-refractivity contribution < 1.29 is 18.3 Å². The summed E-state index contributed by atoms with van der Waals surface area (Å²) in [5.41, 5.74) is 4.45. The summed E-state index contributed by atoms with van der Waals surface area (Å²) in [5, 5.41) is 9.59. The van der Waals surface area contributed by atoms with Gasteiger partial charge in [0.1, 0.15) is 5.75 Å². The van der Waals surface area contributed by atoms with Gasteiger partial charge in [-0.1, -0.05) is 18.0 Å². The van der Waals surface area contributed by atoms with Gasteiger partial charge < -0.3 is 10.8 Å². The zero-order chi connectivity index (χ0) is 13.6. The maximum absolute atomic E-state index is 12.7. The Bertz CT molecular complexity index is 464. The number of nitrogens with two attached hydrogens (primary N) is 1. The molecule has 1 aliphatic carbocycles. The molecule has 6 heteroatoms. The first-order valence-corrected chi connectivity index (χ1v) is 5.98. The lowest BCUT2D eigenvalue weighted by atomic mass is 9.64. The molecule has 3 N–H and O–H groups in total. The number of halogens is 4. The maximum atomic E-state index is 12.7. The fourth-order valence-electron chi connectivity index (χ4n) is 2.35. The SMILES string of the molecule is NCC1(c2cc(C(F)(F)F)cc(Cl)c2O)CCC1. The quantitative estimate of drug-likeness (QED) is 0.871. The largest absolute Gasteiger partial charge is 0.506 e. The van der Waals surface area contributed by atoms with Gasteiger partial charge in [-0.3, -0.25) is 0 Å². The third-order valence-electron chi connectivity index (χ3n) is 3.66. The van der Waals surface area contributed by atoms with Crippen molar-refractivity contribution in [3.8, 4) is 5.75 Å². The summed E-state index contributed by atoms with van der Waals surface area (Å²) in [6.45, 7) is 0.207. The minimum Gasteiger partial charge on any atom is -0.506 e. The van der Waals surface area contributed by atoms with Gasteiger partial charge in [-0.25, -0.2) is 0 Å². The lowest BCUT2D eigenvalue weighted by molar-refractivity contribution is -0.137. The molecule has 1 saturated carbocycles. The van der Waals surface area contributed by atoms with Crippen LogP contribution in [0.4, 0.5) is 13.2 Å². The number of rotatable bonds is 2. The van der Waals surface area contributed by atoms with Crippen LogP contribution in [0.5, 0.6) is 5.75 Å². The first-order valence-electron chi connectivity index (χ1n) is 5.60. The van der Waals surface area contributed by atoms with Crippen LogP contribution in [-0.2, 0) is 11.6 Å². The van der Waals surface area contributed by atoms with E-state index in [4.69, 9.17) is 17.3 Å². The van der Waals surface area contributed by atoms with Crippen LogP contribution in [0.2, 0.25) is 5.02 Å². The Morgan fingerprint density at radius 1 is 1.33 bits per heavy atom. The standard InChI is InChI=1S/C12H13ClF3NO/c13-9-5-7(12(14,15)16)4-8(10(9)18)11(6-17)2-1-3-11/h4-5,18H,1-3,6,17H2. The van der Waals surface area contributed by atoms with Crippen molar-refractivity contribution in [2.24, 2.45) is 5.73 Å². The summed E-state index contributed by atoms with van der Waals surface area (Å²) in [4.78, 5) is 0. The monoisotopic (exact) mass is 279 g/mol. The van der Waals surface area contributed by atoms with Crippen LogP contribution in [-0.4, -0.2) is 11.7 Å². The summed E-state index contributed by atoms with van der Waals surface area (Å²) >= 11 is 5.68. The van der Waals surface area contributed by atoms with Gasteiger partial charge in [-0.2, -0.15) is 13.2 Å². The van der Waals surface area contributed by atoms with E-state index in [9.17, 15) is 18.3 Å². The molecule has 0 unspecified atom stereocenters. The Hall–Kier alpha value is -0.940. The summed E-state index contributed by atoms with van der Waals surface area (Å²) in [6.07, 6.45) is -2.24. The molecule has 2 nitrogen and oxygen atoms in total. The van der Waals surface area contributed by atoms with Crippen LogP contribution in [0, 0.1) is 0 Å². The molecule has 1 aliphatic rings. The predicted octanol–water partition coefficient (Wildman–Crippen LogP) is 3.44. The normalized spacial score (nSPS) is 18.5. The number of hydrogen-bond donors (Lipinski definition) is 2. The molecule has 0 spiro atoms. The number of benzene rings is 1. The molecule has 1 fully saturated rings. The Morgan fingerprint density at radius 3 is 2.33 bits per heavy atom. The highest BCUT2D eigenvalue weighted by molar-refractivity contribution is 6.32. The van der Waals surface area contributed by atoms with E-state index in [1.807, 2.05) is 0 Å². The van der Waals surface area contributed by atoms with E-state index in [2.05, 4.69) is 0 Å². The Kier molecular flexibility index (Phi) is 3.23. The van der Waals surface area contributed by atoms with Crippen LogP contribution in [0.3, 0.4) is 0 Å². The smallest absolute Gasteiger partial charge is 0.416 e. The second kappa shape index (κ2) is 4.31. The predicted molar refractivity (Wildman–Crippen MR) is 62.7 cm³/mol. The maximum Gasteiger partial charge on any atom is 0.416 e. The van der Waals surface area contributed by atoms with Gasteiger partial charge in [0, 0.05) is 17.5 Å². The van der Waals surface area contributed by atoms with E-state index >= 15 is 0 Å². The average molecular weight is 280 g/mol. The number of alkyl halides is 3. The van der Waals surface area contributed by atoms with Crippen LogP contribution < -0.4 is 5.73 Å². The minimum atomic E-state index is -4.48. The molecular weight excluding hydrogens is 267 g/mol. The highest BCUT2D eigenvalue weighted by atomic mass is 35.5. The Morgan fingerprint density at radius 2 is 1.94 bits per heavy atom. The van der Waals surface area contributed by atoms with E-state index in [-0.39, 0.29) is 22.9 Å². The van der Waals surface area contributed by atoms with Crippen LogP contribution in [0.1, 0.15) is 30.4 Å². The highest BCUT2D eigenvalue weighted by Crippen LogP contribution is 2.49. The van der Waals surface area contributed by atoms with E-state index in [0.717, 1.165) is 18.6 Å². The number of aromatic hydroxyl groups is 1. The van der Waals surface area contributed by atoms with Crippen molar-refractivity contribution in [1.29, 1.82) is 0 Å². The van der Waals surface area contributed by atoms with Gasteiger partial charge in [0.2, 0.25) is 0 Å². The fourth-order valence-corrected chi connectivity index (χ4v) is 2.57. The fraction of sp³-hybridized carbons (Fsp3) is 0.500. The third kappa shape index (κ3) is 2.06. The summed E-state index contributed by atoms with van der Waals surface area (Å²) < 4.78 is 38.2. The molecule has 1 aromatic rings. The molecule has 0 radical (unpaired) electrons. The molecule has 0 bridgehead atoms. The van der Waals surface area contributed by atoms with Crippen LogP contribution in [0.25, 0.3) is 0 Å². The molecular formula is C12H13ClF3NO. The molecule has 100 valence electrons.